The third kappa shape index (κ3) is 4.09. The first-order valence-corrected chi connectivity index (χ1v) is 10.1. The van der Waals surface area contributed by atoms with E-state index >= 15 is 0 Å². The topological polar surface area (TPSA) is 62.5 Å². The van der Waals surface area contributed by atoms with Crippen molar-refractivity contribution in [1.29, 1.82) is 0 Å². The second-order valence-electron chi connectivity index (χ2n) is 6.61. The molecule has 1 fully saturated rings. The molecule has 0 spiro atoms. The quantitative estimate of drug-likeness (QED) is 0.677. The van der Waals surface area contributed by atoms with Crippen LogP contribution in [0.4, 0.5) is 0 Å². The normalized spacial score (nSPS) is 15.2. The number of nitrogens with zero attached hydrogens (tertiary/aromatic N) is 4. The van der Waals surface area contributed by atoms with E-state index in [9.17, 15) is 4.79 Å². The third-order valence-corrected chi connectivity index (χ3v) is 5.70. The van der Waals surface area contributed by atoms with Crippen molar-refractivity contribution < 1.29 is 9.32 Å². The molecule has 7 heteroatoms. The predicted molar refractivity (Wildman–Crippen MR) is 105 cm³/mol. The minimum atomic E-state index is 0.125. The van der Waals surface area contributed by atoms with Gasteiger partial charge < -0.3 is 9.42 Å². The summed E-state index contributed by atoms with van der Waals surface area (Å²) in [4.78, 5) is 21.9. The lowest BCUT2D eigenvalue weighted by Crippen LogP contribution is -2.48. The van der Waals surface area contributed by atoms with Crippen molar-refractivity contribution in [2.75, 3.05) is 26.2 Å². The summed E-state index contributed by atoms with van der Waals surface area (Å²) >= 11 is 1.49. The van der Waals surface area contributed by atoms with Crippen LogP contribution < -0.4 is 0 Å². The molecule has 1 amide bonds. The largest absolute Gasteiger partial charge is 0.338 e. The maximum Gasteiger partial charge on any atom is 0.264 e. The number of aryl methyl sites for hydroxylation is 1. The molecule has 1 saturated heterocycles. The Hall–Kier alpha value is -2.51. The van der Waals surface area contributed by atoms with Gasteiger partial charge in [-0.1, -0.05) is 42.4 Å². The Labute approximate surface area is 162 Å². The molecule has 6 nitrogen and oxygen atoms in total. The average molecular weight is 382 g/mol. The van der Waals surface area contributed by atoms with Crippen LogP contribution in [0.25, 0.3) is 11.4 Å². The van der Waals surface area contributed by atoms with E-state index in [0.717, 1.165) is 43.0 Å². The highest BCUT2D eigenvalue weighted by atomic mass is 32.1. The van der Waals surface area contributed by atoms with Gasteiger partial charge in [0.15, 0.2) is 0 Å². The highest BCUT2D eigenvalue weighted by Crippen LogP contribution is 2.18. The maximum atomic E-state index is 12.4. The number of thiophene rings is 1. The summed E-state index contributed by atoms with van der Waals surface area (Å²) in [7, 11) is 0. The Morgan fingerprint density at radius 1 is 1.15 bits per heavy atom. The standard InChI is InChI=1S/C20H22N4O2S/c1-2-15-5-7-16(8-6-15)19-21-18(26-22-19)14-23-9-11-24(12-10-23)20(25)17-4-3-13-27-17/h3-8,13H,2,9-12,14H2,1H3. The smallest absolute Gasteiger partial charge is 0.264 e. The molecule has 0 bridgehead atoms. The van der Waals surface area contributed by atoms with Crippen molar-refractivity contribution in [3.05, 3.63) is 58.1 Å². The number of piperazine rings is 1. The van der Waals surface area contributed by atoms with Crippen molar-refractivity contribution in [1.82, 2.24) is 19.9 Å². The van der Waals surface area contributed by atoms with Gasteiger partial charge in [0.25, 0.3) is 5.91 Å². The molecule has 140 valence electrons. The Morgan fingerprint density at radius 2 is 1.93 bits per heavy atom. The number of benzene rings is 1. The monoisotopic (exact) mass is 382 g/mol. The minimum absolute atomic E-state index is 0.125. The molecular formula is C20H22N4O2S. The summed E-state index contributed by atoms with van der Waals surface area (Å²) in [6, 6.07) is 12.0. The van der Waals surface area contributed by atoms with Crippen molar-refractivity contribution in [2.45, 2.75) is 19.9 Å². The van der Waals surface area contributed by atoms with Crippen LogP contribution >= 0.6 is 11.3 Å². The molecule has 4 rings (SSSR count). The van der Waals surface area contributed by atoms with E-state index in [2.05, 4.69) is 34.1 Å². The Kier molecular flexibility index (Phi) is 5.31. The van der Waals surface area contributed by atoms with E-state index in [1.165, 1.54) is 16.9 Å². The zero-order valence-corrected chi connectivity index (χ0v) is 16.1. The molecule has 3 aromatic rings. The van der Waals surface area contributed by atoms with E-state index in [-0.39, 0.29) is 5.91 Å². The molecule has 0 atom stereocenters. The molecular weight excluding hydrogens is 360 g/mol. The van der Waals surface area contributed by atoms with Gasteiger partial charge >= 0.3 is 0 Å². The number of hydrogen-bond donors (Lipinski definition) is 0. The SMILES string of the molecule is CCc1ccc(-c2noc(CN3CCN(C(=O)c4cccs4)CC3)n2)cc1. The van der Waals surface area contributed by atoms with E-state index in [0.29, 0.717) is 18.3 Å². The van der Waals surface area contributed by atoms with Gasteiger partial charge in [0.05, 0.1) is 11.4 Å². The van der Waals surface area contributed by atoms with Gasteiger partial charge in [-0.25, -0.2) is 0 Å². The number of carbonyl (C=O) groups excluding carboxylic acids is 1. The number of carbonyl (C=O) groups is 1. The molecule has 0 radical (unpaired) electrons. The van der Waals surface area contributed by atoms with Gasteiger partial charge in [-0.2, -0.15) is 4.98 Å². The molecule has 0 N–H and O–H groups in total. The number of amides is 1. The molecule has 3 heterocycles. The summed E-state index contributed by atoms with van der Waals surface area (Å²) in [5, 5.41) is 6.05. The van der Waals surface area contributed by atoms with Crippen LogP contribution in [0.1, 0.15) is 28.0 Å². The van der Waals surface area contributed by atoms with Crippen molar-refractivity contribution >= 4 is 17.2 Å². The van der Waals surface area contributed by atoms with Crippen LogP contribution in [-0.4, -0.2) is 52.0 Å². The molecule has 27 heavy (non-hydrogen) atoms. The highest BCUT2D eigenvalue weighted by Gasteiger charge is 2.23. The van der Waals surface area contributed by atoms with Crippen LogP contribution in [0.5, 0.6) is 0 Å². The fourth-order valence-electron chi connectivity index (χ4n) is 3.18. The first kappa shape index (κ1) is 17.9. The fourth-order valence-corrected chi connectivity index (χ4v) is 3.87. The Balaban J connectivity index is 1.33. The summed E-state index contributed by atoms with van der Waals surface area (Å²) < 4.78 is 5.43. The minimum Gasteiger partial charge on any atom is -0.338 e. The van der Waals surface area contributed by atoms with E-state index in [4.69, 9.17) is 4.52 Å². The zero-order chi connectivity index (χ0) is 18.6. The Morgan fingerprint density at radius 3 is 2.59 bits per heavy atom. The number of aromatic nitrogens is 2. The second-order valence-corrected chi connectivity index (χ2v) is 7.56. The molecule has 0 unspecified atom stereocenters. The lowest BCUT2D eigenvalue weighted by atomic mass is 10.1. The molecule has 1 aromatic carbocycles. The predicted octanol–water partition coefficient (Wildman–Crippen LogP) is 3.32. The second kappa shape index (κ2) is 8.02. The van der Waals surface area contributed by atoms with Crippen molar-refractivity contribution in [3.8, 4) is 11.4 Å². The molecule has 0 aliphatic carbocycles. The summed E-state index contributed by atoms with van der Waals surface area (Å²) in [5.74, 6) is 1.36. The highest BCUT2D eigenvalue weighted by molar-refractivity contribution is 7.12. The zero-order valence-electron chi connectivity index (χ0n) is 15.3. The van der Waals surface area contributed by atoms with Gasteiger partial charge in [-0.15, -0.1) is 11.3 Å². The van der Waals surface area contributed by atoms with Gasteiger partial charge in [0.1, 0.15) is 0 Å². The van der Waals surface area contributed by atoms with Crippen LogP contribution in [0.15, 0.2) is 46.3 Å². The molecule has 1 aliphatic heterocycles. The average Bonchev–Trinajstić information content (AvgIpc) is 3.40. The number of rotatable bonds is 5. The van der Waals surface area contributed by atoms with Crippen molar-refractivity contribution in [2.24, 2.45) is 0 Å². The fraction of sp³-hybridized carbons (Fsp3) is 0.350. The van der Waals surface area contributed by atoms with Gasteiger partial charge in [-0.05, 0) is 23.4 Å². The molecule has 1 aliphatic rings. The first-order chi connectivity index (χ1) is 13.2. The summed E-state index contributed by atoms with van der Waals surface area (Å²) in [6.45, 7) is 5.79. The maximum absolute atomic E-state index is 12.4. The van der Waals surface area contributed by atoms with Crippen LogP contribution in [0.2, 0.25) is 0 Å². The van der Waals surface area contributed by atoms with Crippen LogP contribution in [0.3, 0.4) is 0 Å². The lowest BCUT2D eigenvalue weighted by molar-refractivity contribution is 0.0620. The summed E-state index contributed by atoms with van der Waals surface area (Å²) in [5.41, 5.74) is 2.26. The van der Waals surface area contributed by atoms with E-state index in [1.807, 2.05) is 34.5 Å². The van der Waals surface area contributed by atoms with E-state index < -0.39 is 0 Å². The first-order valence-electron chi connectivity index (χ1n) is 9.20. The third-order valence-electron chi connectivity index (χ3n) is 4.84. The molecule has 2 aromatic heterocycles. The van der Waals surface area contributed by atoms with Gasteiger partial charge in [0.2, 0.25) is 11.7 Å². The van der Waals surface area contributed by atoms with E-state index in [1.54, 1.807) is 0 Å². The van der Waals surface area contributed by atoms with Gasteiger partial charge in [0, 0.05) is 31.7 Å². The van der Waals surface area contributed by atoms with Crippen LogP contribution in [-0.2, 0) is 13.0 Å². The van der Waals surface area contributed by atoms with Crippen molar-refractivity contribution in [3.63, 3.8) is 0 Å². The lowest BCUT2D eigenvalue weighted by Gasteiger charge is -2.33. The molecule has 0 saturated carbocycles. The summed E-state index contributed by atoms with van der Waals surface area (Å²) in [6.07, 6.45) is 1.01. The van der Waals surface area contributed by atoms with Crippen LogP contribution in [0, 0.1) is 0 Å². The Bertz CT molecular complexity index is 881. The number of hydrogen-bond acceptors (Lipinski definition) is 6. The van der Waals surface area contributed by atoms with Gasteiger partial charge in [-0.3, -0.25) is 9.69 Å².